The highest BCUT2D eigenvalue weighted by Crippen LogP contribution is 2.21. The van der Waals surface area contributed by atoms with Crippen LogP contribution in [0.1, 0.15) is 39.0 Å². The van der Waals surface area contributed by atoms with Crippen LogP contribution in [0.3, 0.4) is 0 Å². The summed E-state index contributed by atoms with van der Waals surface area (Å²) in [5, 5.41) is -0.202. The molecular formula is C16H30N2O4S. The van der Waals surface area contributed by atoms with Gasteiger partial charge in [0, 0.05) is 39.3 Å². The predicted molar refractivity (Wildman–Crippen MR) is 90.2 cm³/mol. The van der Waals surface area contributed by atoms with Crippen molar-refractivity contribution in [2.45, 2.75) is 44.3 Å². The number of sulfone groups is 1. The summed E-state index contributed by atoms with van der Waals surface area (Å²) in [6.45, 7) is 6.44. The molecule has 0 bridgehead atoms. The summed E-state index contributed by atoms with van der Waals surface area (Å²) in [6.07, 6.45) is 4.87. The number of hydrogen-bond acceptors (Lipinski definition) is 5. The SMILES string of the molecule is CCCCCOCC(=O)N1CCN(CC2CCCS2(=O)=O)CC1. The number of amides is 1. The fraction of sp³-hybridized carbons (Fsp3) is 0.938. The Morgan fingerprint density at radius 1 is 1.17 bits per heavy atom. The predicted octanol–water partition coefficient (Wildman–Crippen LogP) is 0.915. The van der Waals surface area contributed by atoms with E-state index in [1.807, 2.05) is 4.90 Å². The van der Waals surface area contributed by atoms with Crippen molar-refractivity contribution >= 4 is 15.7 Å². The van der Waals surface area contributed by atoms with Crippen LogP contribution in [0.15, 0.2) is 0 Å². The molecule has 0 aromatic heterocycles. The van der Waals surface area contributed by atoms with E-state index in [-0.39, 0.29) is 17.8 Å². The van der Waals surface area contributed by atoms with Crippen molar-refractivity contribution in [2.24, 2.45) is 0 Å². The van der Waals surface area contributed by atoms with Gasteiger partial charge in [-0.3, -0.25) is 9.69 Å². The van der Waals surface area contributed by atoms with Crippen LogP contribution in [-0.4, -0.2) is 81.1 Å². The molecule has 134 valence electrons. The summed E-state index contributed by atoms with van der Waals surface area (Å²) < 4.78 is 29.2. The third-order valence-corrected chi connectivity index (χ3v) is 7.03. The number of piperazine rings is 1. The number of ether oxygens (including phenoxy) is 1. The molecule has 1 atom stereocenters. The van der Waals surface area contributed by atoms with Gasteiger partial charge in [-0.15, -0.1) is 0 Å². The summed E-state index contributed by atoms with van der Waals surface area (Å²) in [4.78, 5) is 16.1. The number of unbranched alkanes of at least 4 members (excludes halogenated alkanes) is 2. The summed E-state index contributed by atoms with van der Waals surface area (Å²) in [7, 11) is -2.88. The highest BCUT2D eigenvalue weighted by atomic mass is 32.2. The van der Waals surface area contributed by atoms with Crippen LogP contribution in [0.5, 0.6) is 0 Å². The van der Waals surface area contributed by atoms with Gasteiger partial charge in [-0.05, 0) is 19.3 Å². The normalized spacial score (nSPS) is 24.9. The third-order valence-electron chi connectivity index (χ3n) is 4.77. The number of hydrogen-bond donors (Lipinski definition) is 0. The van der Waals surface area contributed by atoms with Gasteiger partial charge in [-0.2, -0.15) is 0 Å². The first-order valence-electron chi connectivity index (χ1n) is 8.82. The molecule has 7 heteroatoms. The van der Waals surface area contributed by atoms with Crippen LogP contribution in [-0.2, 0) is 19.4 Å². The summed E-state index contributed by atoms with van der Waals surface area (Å²) in [5.74, 6) is 0.389. The van der Waals surface area contributed by atoms with Crippen molar-refractivity contribution in [3.63, 3.8) is 0 Å². The molecule has 0 aliphatic carbocycles. The van der Waals surface area contributed by atoms with Gasteiger partial charge in [0.1, 0.15) is 6.61 Å². The fourth-order valence-corrected chi connectivity index (χ4v) is 5.10. The van der Waals surface area contributed by atoms with Crippen molar-refractivity contribution in [1.82, 2.24) is 9.80 Å². The van der Waals surface area contributed by atoms with Crippen LogP contribution in [0.4, 0.5) is 0 Å². The van der Waals surface area contributed by atoms with E-state index in [1.165, 1.54) is 0 Å². The number of carbonyl (C=O) groups is 1. The van der Waals surface area contributed by atoms with Crippen molar-refractivity contribution in [2.75, 3.05) is 51.7 Å². The summed E-state index contributed by atoms with van der Waals surface area (Å²) in [5.41, 5.74) is 0. The molecule has 0 saturated carbocycles. The monoisotopic (exact) mass is 346 g/mol. The van der Waals surface area contributed by atoms with Crippen LogP contribution in [0, 0.1) is 0 Å². The largest absolute Gasteiger partial charge is 0.372 e. The smallest absolute Gasteiger partial charge is 0.248 e. The zero-order valence-corrected chi connectivity index (χ0v) is 15.0. The highest BCUT2D eigenvalue weighted by Gasteiger charge is 2.33. The minimum absolute atomic E-state index is 0.0506. The molecule has 0 spiro atoms. The molecule has 0 aromatic rings. The van der Waals surface area contributed by atoms with E-state index < -0.39 is 9.84 Å². The van der Waals surface area contributed by atoms with Crippen LogP contribution in [0.25, 0.3) is 0 Å². The number of rotatable bonds is 8. The Balaban J connectivity index is 1.64. The molecule has 1 amide bonds. The molecule has 2 aliphatic rings. The van der Waals surface area contributed by atoms with E-state index in [1.54, 1.807) is 0 Å². The first-order chi connectivity index (χ1) is 11.0. The first-order valence-corrected chi connectivity index (χ1v) is 10.5. The molecule has 2 heterocycles. The van der Waals surface area contributed by atoms with Crippen molar-refractivity contribution < 1.29 is 17.9 Å². The fourth-order valence-electron chi connectivity index (χ4n) is 3.24. The van der Waals surface area contributed by atoms with Gasteiger partial charge in [-0.25, -0.2) is 8.42 Å². The first kappa shape index (κ1) is 18.7. The van der Waals surface area contributed by atoms with Gasteiger partial charge >= 0.3 is 0 Å². The third kappa shape index (κ3) is 5.72. The summed E-state index contributed by atoms with van der Waals surface area (Å²) in [6, 6.07) is 0. The van der Waals surface area contributed by atoms with Gasteiger partial charge in [0.15, 0.2) is 9.84 Å². The maximum atomic E-state index is 12.1. The van der Waals surface area contributed by atoms with Gasteiger partial charge in [0.25, 0.3) is 0 Å². The van der Waals surface area contributed by atoms with Gasteiger partial charge < -0.3 is 9.64 Å². The molecular weight excluding hydrogens is 316 g/mol. The van der Waals surface area contributed by atoms with E-state index in [9.17, 15) is 13.2 Å². The molecule has 2 rings (SSSR count). The average molecular weight is 346 g/mol. The number of nitrogens with zero attached hydrogens (tertiary/aromatic N) is 2. The minimum atomic E-state index is -2.88. The maximum absolute atomic E-state index is 12.1. The zero-order chi connectivity index (χ0) is 16.7. The Labute approximate surface area is 140 Å². The van der Waals surface area contributed by atoms with Crippen molar-refractivity contribution in [3.8, 4) is 0 Å². The Kier molecular flexibility index (Phi) is 7.30. The Morgan fingerprint density at radius 2 is 1.91 bits per heavy atom. The second-order valence-corrected chi connectivity index (χ2v) is 8.97. The molecule has 0 radical (unpaired) electrons. The second kappa shape index (κ2) is 8.99. The van der Waals surface area contributed by atoms with Gasteiger partial charge in [-0.1, -0.05) is 19.8 Å². The number of carbonyl (C=O) groups excluding carboxylic acids is 1. The highest BCUT2D eigenvalue weighted by molar-refractivity contribution is 7.92. The quantitative estimate of drug-likeness (QED) is 0.611. The molecule has 2 aliphatic heterocycles. The standard InChI is InChI=1S/C16H30N2O4S/c1-2-3-4-11-22-14-16(19)18-9-7-17(8-10-18)13-15-6-5-12-23(15,20)21/h15H,2-14H2,1H3. The topological polar surface area (TPSA) is 66.9 Å². The van der Waals surface area contributed by atoms with Gasteiger partial charge in [0.2, 0.25) is 5.91 Å². The molecule has 0 N–H and O–H groups in total. The van der Waals surface area contributed by atoms with E-state index in [0.29, 0.717) is 32.0 Å². The van der Waals surface area contributed by atoms with Crippen LogP contribution >= 0.6 is 0 Å². The Bertz CT molecular complexity index is 472. The molecule has 2 saturated heterocycles. The molecule has 6 nitrogen and oxygen atoms in total. The minimum Gasteiger partial charge on any atom is -0.372 e. The van der Waals surface area contributed by atoms with Crippen molar-refractivity contribution in [3.05, 3.63) is 0 Å². The lowest BCUT2D eigenvalue weighted by atomic mass is 10.2. The molecule has 0 aromatic carbocycles. The molecule has 23 heavy (non-hydrogen) atoms. The Morgan fingerprint density at radius 3 is 2.52 bits per heavy atom. The van der Waals surface area contributed by atoms with E-state index in [2.05, 4.69) is 11.8 Å². The lowest BCUT2D eigenvalue weighted by Gasteiger charge is -2.35. The van der Waals surface area contributed by atoms with Crippen LogP contribution in [0.2, 0.25) is 0 Å². The van der Waals surface area contributed by atoms with Crippen molar-refractivity contribution in [1.29, 1.82) is 0 Å². The average Bonchev–Trinajstić information content (AvgIpc) is 2.86. The molecule has 2 fully saturated rings. The van der Waals surface area contributed by atoms with E-state index in [0.717, 1.165) is 45.2 Å². The Hall–Kier alpha value is -0.660. The lowest BCUT2D eigenvalue weighted by Crippen LogP contribution is -2.51. The lowest BCUT2D eigenvalue weighted by molar-refractivity contribution is -0.137. The van der Waals surface area contributed by atoms with Gasteiger partial charge in [0.05, 0.1) is 11.0 Å². The van der Waals surface area contributed by atoms with Crippen LogP contribution < -0.4 is 0 Å². The maximum Gasteiger partial charge on any atom is 0.248 e. The zero-order valence-electron chi connectivity index (χ0n) is 14.2. The second-order valence-electron chi connectivity index (χ2n) is 6.57. The molecule has 1 unspecified atom stereocenters. The summed E-state index contributed by atoms with van der Waals surface area (Å²) >= 11 is 0. The van der Waals surface area contributed by atoms with E-state index >= 15 is 0 Å². The van der Waals surface area contributed by atoms with E-state index in [4.69, 9.17) is 4.74 Å².